The smallest absolute Gasteiger partial charge is 0.235 e. The van der Waals surface area contributed by atoms with E-state index in [1.165, 1.54) is 6.07 Å². The molecule has 3 N–H and O–H groups in total. The van der Waals surface area contributed by atoms with Gasteiger partial charge in [-0.25, -0.2) is 5.84 Å². The molecule has 2 rings (SSSR count). The molecule has 0 aliphatic rings. The maximum Gasteiger partial charge on any atom is 0.235 e. The summed E-state index contributed by atoms with van der Waals surface area (Å²) in [5.41, 5.74) is 3.37. The molecule has 0 bridgehead atoms. The second-order valence-electron chi connectivity index (χ2n) is 3.63. The third-order valence-corrected chi connectivity index (χ3v) is 3.69. The van der Waals surface area contributed by atoms with Gasteiger partial charge in [-0.1, -0.05) is 57.3 Å². The SMILES string of the molecule is NNc1nc(OCc2ccccc2Br)c(Cl)cc1Cl. The minimum Gasteiger partial charge on any atom is -0.472 e. The number of nitrogen functional groups attached to an aromatic ring is 1. The fraction of sp³-hybridized carbons (Fsp3) is 0.0833. The first-order valence-electron chi connectivity index (χ1n) is 5.30. The number of nitrogens with two attached hydrogens (primary N) is 1. The van der Waals surface area contributed by atoms with E-state index in [1.54, 1.807) is 0 Å². The van der Waals surface area contributed by atoms with E-state index in [0.29, 0.717) is 22.5 Å². The summed E-state index contributed by atoms with van der Waals surface area (Å²) >= 11 is 15.3. The Morgan fingerprint density at radius 3 is 2.68 bits per heavy atom. The zero-order chi connectivity index (χ0) is 13.8. The van der Waals surface area contributed by atoms with E-state index in [-0.39, 0.29) is 5.88 Å². The van der Waals surface area contributed by atoms with Crippen LogP contribution in [0.3, 0.4) is 0 Å². The standard InChI is InChI=1S/C12H10BrCl2N3O/c13-8-4-2-1-3-7(8)6-19-12-10(15)5-9(14)11(17-12)18-16/h1-5H,6,16H2,(H,17,18). The van der Waals surface area contributed by atoms with Gasteiger partial charge in [0, 0.05) is 10.0 Å². The number of pyridine rings is 1. The van der Waals surface area contributed by atoms with E-state index in [2.05, 4.69) is 26.3 Å². The molecule has 1 aromatic heterocycles. The Morgan fingerprint density at radius 1 is 1.26 bits per heavy atom. The summed E-state index contributed by atoms with van der Waals surface area (Å²) in [6.45, 7) is 0.333. The highest BCUT2D eigenvalue weighted by molar-refractivity contribution is 9.10. The van der Waals surface area contributed by atoms with Gasteiger partial charge in [0.2, 0.25) is 5.88 Å². The van der Waals surface area contributed by atoms with Gasteiger partial charge in [-0.2, -0.15) is 4.98 Å². The third-order valence-electron chi connectivity index (χ3n) is 2.36. The van der Waals surface area contributed by atoms with Crippen LogP contribution in [-0.4, -0.2) is 4.98 Å². The van der Waals surface area contributed by atoms with Crippen LogP contribution in [-0.2, 0) is 6.61 Å². The molecule has 19 heavy (non-hydrogen) atoms. The number of benzene rings is 1. The summed E-state index contributed by atoms with van der Waals surface area (Å²) in [4.78, 5) is 4.10. The van der Waals surface area contributed by atoms with Crippen molar-refractivity contribution >= 4 is 44.9 Å². The lowest BCUT2D eigenvalue weighted by Gasteiger charge is -2.10. The molecule has 0 saturated carbocycles. The lowest BCUT2D eigenvalue weighted by molar-refractivity contribution is 0.294. The highest BCUT2D eigenvalue weighted by atomic mass is 79.9. The monoisotopic (exact) mass is 361 g/mol. The molecule has 0 saturated heterocycles. The van der Waals surface area contributed by atoms with Crippen LogP contribution in [0.4, 0.5) is 5.82 Å². The second-order valence-corrected chi connectivity index (χ2v) is 5.30. The topological polar surface area (TPSA) is 60.2 Å². The van der Waals surface area contributed by atoms with Crippen molar-refractivity contribution in [1.29, 1.82) is 0 Å². The molecule has 1 heterocycles. The van der Waals surface area contributed by atoms with Crippen molar-refractivity contribution in [2.75, 3.05) is 5.43 Å². The number of anilines is 1. The molecule has 0 aliphatic carbocycles. The van der Waals surface area contributed by atoms with E-state index in [1.807, 2.05) is 24.3 Å². The van der Waals surface area contributed by atoms with Gasteiger partial charge in [0.15, 0.2) is 5.82 Å². The van der Waals surface area contributed by atoms with Gasteiger partial charge in [0.05, 0.1) is 5.02 Å². The lowest BCUT2D eigenvalue weighted by Crippen LogP contribution is -2.10. The van der Waals surface area contributed by atoms with Gasteiger partial charge in [-0.3, -0.25) is 0 Å². The van der Waals surface area contributed by atoms with Crippen LogP contribution in [0.25, 0.3) is 0 Å². The molecule has 0 atom stereocenters. The average molecular weight is 363 g/mol. The summed E-state index contributed by atoms with van der Waals surface area (Å²) in [6.07, 6.45) is 0. The van der Waals surface area contributed by atoms with E-state index in [0.717, 1.165) is 10.0 Å². The minimum absolute atomic E-state index is 0.273. The molecule has 0 fully saturated rings. The maximum atomic E-state index is 6.01. The van der Waals surface area contributed by atoms with Gasteiger partial charge in [-0.05, 0) is 12.1 Å². The summed E-state index contributed by atoms with van der Waals surface area (Å²) in [7, 11) is 0. The first kappa shape index (κ1) is 14.4. The first-order valence-corrected chi connectivity index (χ1v) is 6.85. The van der Waals surface area contributed by atoms with Crippen molar-refractivity contribution in [2.45, 2.75) is 6.61 Å². The van der Waals surface area contributed by atoms with Gasteiger partial charge < -0.3 is 10.2 Å². The highest BCUT2D eigenvalue weighted by Gasteiger charge is 2.10. The predicted octanol–water partition coefficient (Wildman–Crippen LogP) is 4.02. The Morgan fingerprint density at radius 2 is 2.00 bits per heavy atom. The molecule has 0 spiro atoms. The van der Waals surface area contributed by atoms with Crippen molar-refractivity contribution in [3.63, 3.8) is 0 Å². The molecular weight excluding hydrogens is 353 g/mol. The maximum absolute atomic E-state index is 6.01. The number of rotatable bonds is 4. The predicted molar refractivity (Wildman–Crippen MR) is 80.5 cm³/mol. The molecule has 4 nitrogen and oxygen atoms in total. The van der Waals surface area contributed by atoms with Crippen LogP contribution >= 0.6 is 39.1 Å². The normalized spacial score (nSPS) is 10.3. The van der Waals surface area contributed by atoms with Crippen LogP contribution in [0.1, 0.15) is 5.56 Å². The second kappa shape index (κ2) is 6.43. The van der Waals surface area contributed by atoms with Crippen LogP contribution in [0.15, 0.2) is 34.8 Å². The molecule has 0 radical (unpaired) electrons. The quantitative estimate of drug-likeness (QED) is 0.637. The van der Waals surface area contributed by atoms with Crippen LogP contribution in [0.2, 0.25) is 10.0 Å². The van der Waals surface area contributed by atoms with Gasteiger partial charge in [-0.15, -0.1) is 0 Å². The summed E-state index contributed by atoms with van der Waals surface area (Å²) < 4.78 is 6.53. The molecular formula is C12H10BrCl2N3O. The van der Waals surface area contributed by atoms with Gasteiger partial charge in [0.25, 0.3) is 0 Å². The Balaban J connectivity index is 2.18. The van der Waals surface area contributed by atoms with Crippen molar-refractivity contribution in [2.24, 2.45) is 5.84 Å². The number of halogens is 3. The largest absolute Gasteiger partial charge is 0.472 e. The number of nitrogens with zero attached hydrogens (tertiary/aromatic N) is 1. The Hall–Kier alpha value is -1.01. The zero-order valence-corrected chi connectivity index (χ0v) is 12.8. The summed E-state index contributed by atoms with van der Waals surface area (Å²) in [5.74, 6) is 5.88. The van der Waals surface area contributed by atoms with E-state index in [9.17, 15) is 0 Å². The first-order chi connectivity index (χ1) is 9.11. The van der Waals surface area contributed by atoms with Crippen molar-refractivity contribution in [3.05, 3.63) is 50.4 Å². The van der Waals surface area contributed by atoms with Gasteiger partial charge in [0.1, 0.15) is 11.6 Å². The van der Waals surface area contributed by atoms with Crippen LogP contribution in [0, 0.1) is 0 Å². The fourth-order valence-corrected chi connectivity index (χ4v) is 2.28. The number of hydrazine groups is 1. The van der Waals surface area contributed by atoms with Crippen LogP contribution < -0.4 is 16.0 Å². The Labute approximate surface area is 129 Å². The number of ether oxygens (including phenoxy) is 1. The molecule has 1 aromatic carbocycles. The molecule has 0 amide bonds. The summed E-state index contributed by atoms with van der Waals surface area (Å²) in [5, 5.41) is 0.664. The Bertz CT molecular complexity index is 595. The molecule has 2 aromatic rings. The number of hydrogen-bond donors (Lipinski definition) is 2. The van der Waals surface area contributed by atoms with Crippen LogP contribution in [0.5, 0.6) is 5.88 Å². The van der Waals surface area contributed by atoms with E-state index in [4.69, 9.17) is 33.8 Å². The van der Waals surface area contributed by atoms with Crippen molar-refractivity contribution < 1.29 is 4.74 Å². The molecule has 0 aliphatic heterocycles. The van der Waals surface area contributed by atoms with Crippen molar-refractivity contribution in [1.82, 2.24) is 4.98 Å². The summed E-state index contributed by atoms with van der Waals surface area (Å²) in [6, 6.07) is 9.25. The van der Waals surface area contributed by atoms with Crippen molar-refractivity contribution in [3.8, 4) is 5.88 Å². The van der Waals surface area contributed by atoms with E-state index < -0.39 is 0 Å². The molecule has 7 heteroatoms. The average Bonchev–Trinajstić information content (AvgIpc) is 2.39. The number of aromatic nitrogens is 1. The highest BCUT2D eigenvalue weighted by Crippen LogP contribution is 2.31. The molecule has 100 valence electrons. The zero-order valence-electron chi connectivity index (χ0n) is 9.66. The number of nitrogens with one attached hydrogen (secondary N) is 1. The minimum atomic E-state index is 0.273. The van der Waals surface area contributed by atoms with E-state index >= 15 is 0 Å². The van der Waals surface area contributed by atoms with Gasteiger partial charge >= 0.3 is 0 Å². The third kappa shape index (κ3) is 3.51. The fourth-order valence-electron chi connectivity index (χ4n) is 1.41. The Kier molecular flexibility index (Phi) is 4.87. The number of hydrogen-bond acceptors (Lipinski definition) is 4. The molecule has 0 unspecified atom stereocenters. The lowest BCUT2D eigenvalue weighted by atomic mass is 10.2.